The molecule has 166 valence electrons. The molecule has 0 bridgehead atoms. The molecule has 0 unspecified atom stereocenters. The van der Waals surface area contributed by atoms with E-state index >= 15 is 0 Å². The van der Waals surface area contributed by atoms with Gasteiger partial charge in [-0.05, 0) is 60.0 Å². The van der Waals surface area contributed by atoms with Crippen molar-refractivity contribution in [3.63, 3.8) is 0 Å². The molecule has 5 nitrogen and oxygen atoms in total. The van der Waals surface area contributed by atoms with Crippen molar-refractivity contribution in [2.45, 2.75) is 13.3 Å². The van der Waals surface area contributed by atoms with Crippen LogP contribution in [0.3, 0.4) is 0 Å². The Labute approximate surface area is 198 Å². The first-order chi connectivity index (χ1) is 16.7. The van der Waals surface area contributed by atoms with Gasteiger partial charge in [-0.1, -0.05) is 60.2 Å². The lowest BCUT2D eigenvalue weighted by atomic mass is 9.96. The number of aryl methyl sites for hydroxylation is 1. The van der Waals surface area contributed by atoms with Crippen LogP contribution in [0, 0.1) is 6.92 Å². The Bertz CT molecular complexity index is 1370. The van der Waals surface area contributed by atoms with Gasteiger partial charge in [0, 0.05) is 35.8 Å². The molecule has 0 saturated heterocycles. The average molecular weight is 445 g/mol. The molecule has 0 spiro atoms. The molecule has 2 N–H and O–H groups in total. The van der Waals surface area contributed by atoms with Crippen LogP contribution in [0.25, 0.3) is 11.3 Å². The van der Waals surface area contributed by atoms with Crippen molar-refractivity contribution in [2.75, 3.05) is 10.6 Å². The van der Waals surface area contributed by atoms with Gasteiger partial charge in [0.15, 0.2) is 0 Å². The van der Waals surface area contributed by atoms with Crippen LogP contribution in [-0.2, 0) is 0 Å². The highest BCUT2D eigenvalue weighted by Gasteiger charge is 2.22. The number of nitrogens with zero attached hydrogens (tertiary/aromatic N) is 2. The first-order valence-corrected chi connectivity index (χ1v) is 11.2. The highest BCUT2D eigenvalue weighted by molar-refractivity contribution is 6.17. The summed E-state index contributed by atoms with van der Waals surface area (Å²) >= 11 is 0. The summed E-state index contributed by atoms with van der Waals surface area (Å²) in [5.41, 5.74) is 8.84. The number of urea groups is 1. The van der Waals surface area contributed by atoms with Gasteiger partial charge in [0.1, 0.15) is 0 Å². The Morgan fingerprint density at radius 3 is 2.21 bits per heavy atom. The van der Waals surface area contributed by atoms with Gasteiger partial charge in [-0.15, -0.1) is 0 Å². The zero-order chi connectivity index (χ0) is 23.3. The van der Waals surface area contributed by atoms with Gasteiger partial charge in [0.25, 0.3) is 0 Å². The number of nitrogens with one attached hydrogen (secondary N) is 2. The van der Waals surface area contributed by atoms with Gasteiger partial charge < -0.3 is 10.6 Å². The van der Waals surface area contributed by atoms with E-state index in [1.807, 2.05) is 79.7 Å². The third-order valence-corrected chi connectivity index (χ3v) is 5.72. The Kier molecular flexibility index (Phi) is 5.99. The van der Waals surface area contributed by atoms with Gasteiger partial charge in [-0.3, -0.25) is 9.98 Å². The minimum atomic E-state index is -0.281. The molecule has 3 aromatic carbocycles. The molecule has 34 heavy (non-hydrogen) atoms. The molecule has 0 aliphatic carbocycles. The van der Waals surface area contributed by atoms with Crippen molar-refractivity contribution >= 4 is 34.4 Å². The smallest absolute Gasteiger partial charge is 0.308 e. The number of hydrogen-bond donors (Lipinski definition) is 2. The minimum absolute atomic E-state index is 0.281. The standard InChI is InChI=1S/C29H24N4O/c1-20-10-12-24(13-11-20)31-29(34)32-25-9-5-8-23(18-25)26-19-27(21-6-3-2-4-7-21)33-28(26)22-14-16-30-17-15-22/h2-18H,19H2,1H3,(H2,31,32,34). The average Bonchev–Trinajstić information content (AvgIpc) is 3.32. The van der Waals surface area contributed by atoms with Crippen molar-refractivity contribution in [3.05, 3.63) is 126 Å². The molecule has 1 aromatic heterocycles. The number of aliphatic imine (C=N–C) groups is 1. The van der Waals surface area contributed by atoms with E-state index in [0.29, 0.717) is 6.42 Å². The van der Waals surface area contributed by atoms with E-state index in [0.717, 1.165) is 50.6 Å². The molecule has 5 heteroatoms. The maximum Gasteiger partial charge on any atom is 0.323 e. The lowest BCUT2D eigenvalue weighted by molar-refractivity contribution is 0.262. The Morgan fingerprint density at radius 2 is 1.44 bits per heavy atom. The van der Waals surface area contributed by atoms with Crippen LogP contribution in [0.2, 0.25) is 0 Å². The van der Waals surface area contributed by atoms with E-state index in [9.17, 15) is 4.79 Å². The number of allylic oxidation sites excluding steroid dienone is 1. The zero-order valence-corrected chi connectivity index (χ0v) is 18.8. The fourth-order valence-corrected chi connectivity index (χ4v) is 3.99. The Morgan fingerprint density at radius 1 is 0.735 bits per heavy atom. The van der Waals surface area contributed by atoms with Crippen molar-refractivity contribution < 1.29 is 4.79 Å². The predicted octanol–water partition coefficient (Wildman–Crippen LogP) is 6.80. The fraction of sp³-hybridized carbons (Fsp3) is 0.0690. The third kappa shape index (κ3) is 4.79. The minimum Gasteiger partial charge on any atom is -0.308 e. The van der Waals surface area contributed by atoms with Crippen molar-refractivity contribution in [3.8, 4) is 0 Å². The lowest BCUT2D eigenvalue weighted by Gasteiger charge is -2.11. The fourth-order valence-electron chi connectivity index (χ4n) is 3.99. The molecular formula is C29H24N4O. The normalized spacial score (nSPS) is 12.9. The number of aromatic nitrogens is 1. The first-order valence-electron chi connectivity index (χ1n) is 11.2. The van der Waals surface area contributed by atoms with Crippen molar-refractivity contribution in [2.24, 2.45) is 4.99 Å². The highest BCUT2D eigenvalue weighted by Crippen LogP contribution is 2.37. The van der Waals surface area contributed by atoms with E-state index in [2.05, 4.69) is 33.8 Å². The molecule has 0 radical (unpaired) electrons. The summed E-state index contributed by atoms with van der Waals surface area (Å²) in [5.74, 6) is 0. The highest BCUT2D eigenvalue weighted by atomic mass is 16.2. The lowest BCUT2D eigenvalue weighted by Crippen LogP contribution is -2.19. The SMILES string of the molecule is Cc1ccc(NC(=O)Nc2cccc(C3=C(c4ccncc4)N=C(c4ccccc4)C3)c2)cc1. The molecule has 2 amide bonds. The van der Waals surface area contributed by atoms with Gasteiger partial charge >= 0.3 is 6.03 Å². The largest absolute Gasteiger partial charge is 0.323 e. The third-order valence-electron chi connectivity index (χ3n) is 5.72. The van der Waals surface area contributed by atoms with Crippen LogP contribution in [0.1, 0.15) is 28.7 Å². The zero-order valence-electron chi connectivity index (χ0n) is 18.8. The van der Waals surface area contributed by atoms with Gasteiger partial charge in [0.05, 0.1) is 11.4 Å². The number of amides is 2. The van der Waals surface area contributed by atoms with Crippen LogP contribution in [-0.4, -0.2) is 16.7 Å². The molecule has 0 fully saturated rings. The molecule has 1 aliphatic rings. The predicted molar refractivity (Wildman–Crippen MR) is 139 cm³/mol. The number of hydrogen-bond acceptors (Lipinski definition) is 3. The summed E-state index contributed by atoms with van der Waals surface area (Å²) < 4.78 is 0. The van der Waals surface area contributed by atoms with Crippen LogP contribution in [0.5, 0.6) is 0 Å². The number of pyridine rings is 1. The Balaban J connectivity index is 1.42. The van der Waals surface area contributed by atoms with E-state index in [-0.39, 0.29) is 6.03 Å². The molecule has 5 rings (SSSR count). The topological polar surface area (TPSA) is 66.4 Å². The molecular weight excluding hydrogens is 420 g/mol. The van der Waals surface area contributed by atoms with Crippen molar-refractivity contribution in [1.82, 2.24) is 4.98 Å². The van der Waals surface area contributed by atoms with Gasteiger partial charge in [0.2, 0.25) is 0 Å². The number of carbonyl (C=O) groups is 1. The van der Waals surface area contributed by atoms with E-state index in [1.54, 1.807) is 12.4 Å². The number of anilines is 2. The second-order valence-electron chi connectivity index (χ2n) is 8.19. The first kappa shape index (κ1) is 21.3. The molecule has 2 heterocycles. The summed E-state index contributed by atoms with van der Waals surface area (Å²) in [6, 6.07) is 29.5. The van der Waals surface area contributed by atoms with E-state index in [4.69, 9.17) is 4.99 Å². The summed E-state index contributed by atoms with van der Waals surface area (Å²) in [5, 5.41) is 5.82. The van der Waals surface area contributed by atoms with Crippen LogP contribution in [0.4, 0.5) is 16.2 Å². The number of carbonyl (C=O) groups excluding carboxylic acids is 1. The summed E-state index contributed by atoms with van der Waals surface area (Å²) in [7, 11) is 0. The maximum absolute atomic E-state index is 12.6. The number of benzene rings is 3. The molecule has 0 atom stereocenters. The van der Waals surface area contributed by atoms with Crippen LogP contribution in [0.15, 0.2) is 108 Å². The summed E-state index contributed by atoms with van der Waals surface area (Å²) in [6.07, 6.45) is 4.27. The second kappa shape index (κ2) is 9.55. The molecule has 0 saturated carbocycles. The Hall–Kier alpha value is -4.51. The van der Waals surface area contributed by atoms with Crippen molar-refractivity contribution in [1.29, 1.82) is 0 Å². The van der Waals surface area contributed by atoms with Gasteiger partial charge in [-0.25, -0.2) is 4.79 Å². The maximum atomic E-state index is 12.6. The van der Waals surface area contributed by atoms with Gasteiger partial charge in [-0.2, -0.15) is 0 Å². The number of rotatable bonds is 5. The quantitative estimate of drug-likeness (QED) is 0.356. The molecule has 1 aliphatic heterocycles. The van der Waals surface area contributed by atoms with Crippen LogP contribution >= 0.6 is 0 Å². The van der Waals surface area contributed by atoms with E-state index < -0.39 is 0 Å². The van der Waals surface area contributed by atoms with E-state index in [1.165, 1.54) is 0 Å². The second-order valence-corrected chi connectivity index (χ2v) is 8.19. The summed E-state index contributed by atoms with van der Waals surface area (Å²) in [6.45, 7) is 2.01. The van der Waals surface area contributed by atoms with Crippen LogP contribution < -0.4 is 10.6 Å². The molecule has 4 aromatic rings. The summed E-state index contributed by atoms with van der Waals surface area (Å²) in [4.78, 5) is 21.7. The monoisotopic (exact) mass is 444 g/mol.